The lowest BCUT2D eigenvalue weighted by Gasteiger charge is -2.14. The molecule has 2 heterocycles. The molecular weight excluding hydrogens is 294 g/mol. The molecule has 0 aliphatic rings. The summed E-state index contributed by atoms with van der Waals surface area (Å²) in [5.74, 6) is -0.569. The third-order valence-electron chi connectivity index (χ3n) is 3.56. The van der Waals surface area contributed by atoms with Crippen molar-refractivity contribution in [1.82, 2.24) is 20.0 Å². The number of nitrogens with one attached hydrogen (secondary N) is 2. The van der Waals surface area contributed by atoms with E-state index in [1.54, 1.807) is 0 Å². The Kier molecular flexibility index (Phi) is 5.33. The highest BCUT2D eigenvalue weighted by Crippen LogP contribution is 2.07. The zero-order valence-electron chi connectivity index (χ0n) is 13.7. The first-order chi connectivity index (χ1) is 10.9. The molecule has 0 unspecified atom stereocenters. The number of hydrogen-bond donors (Lipinski definition) is 3. The van der Waals surface area contributed by atoms with Gasteiger partial charge < -0.3 is 20.8 Å². The van der Waals surface area contributed by atoms with E-state index < -0.39 is 6.04 Å². The SMILES string of the molecule is Cc1ccc2nc(CNC(=O)CNC(=O)[C@@H](N)C(C)C)cn2c1. The van der Waals surface area contributed by atoms with Crippen LogP contribution in [0.25, 0.3) is 5.65 Å². The predicted molar refractivity (Wildman–Crippen MR) is 87.6 cm³/mol. The molecule has 0 aromatic carbocycles. The smallest absolute Gasteiger partial charge is 0.239 e. The molecule has 0 bridgehead atoms. The second-order valence-electron chi connectivity index (χ2n) is 5.97. The van der Waals surface area contributed by atoms with Gasteiger partial charge in [-0.3, -0.25) is 9.59 Å². The molecule has 2 amide bonds. The second-order valence-corrected chi connectivity index (χ2v) is 5.97. The molecule has 0 aliphatic heterocycles. The summed E-state index contributed by atoms with van der Waals surface area (Å²) in [5.41, 5.74) is 8.43. The molecule has 23 heavy (non-hydrogen) atoms. The topological polar surface area (TPSA) is 102 Å². The number of rotatable bonds is 6. The first-order valence-corrected chi connectivity index (χ1v) is 7.61. The van der Waals surface area contributed by atoms with Crippen LogP contribution >= 0.6 is 0 Å². The molecule has 0 spiro atoms. The molecule has 0 radical (unpaired) electrons. The van der Waals surface area contributed by atoms with E-state index in [1.165, 1.54) is 0 Å². The Labute approximate surface area is 135 Å². The van der Waals surface area contributed by atoms with Crippen LogP contribution in [0.1, 0.15) is 25.1 Å². The fraction of sp³-hybridized carbons (Fsp3) is 0.438. The normalized spacial score (nSPS) is 12.4. The van der Waals surface area contributed by atoms with Crippen LogP contribution in [0.15, 0.2) is 24.5 Å². The first kappa shape index (κ1) is 17.0. The lowest BCUT2D eigenvalue weighted by Crippen LogP contribution is -2.47. The third-order valence-corrected chi connectivity index (χ3v) is 3.56. The van der Waals surface area contributed by atoms with Crippen molar-refractivity contribution in [2.45, 2.75) is 33.4 Å². The van der Waals surface area contributed by atoms with Crippen LogP contribution in [0.2, 0.25) is 0 Å². The number of fused-ring (bicyclic) bond motifs is 1. The molecule has 0 saturated heterocycles. The maximum Gasteiger partial charge on any atom is 0.239 e. The number of aryl methyl sites for hydroxylation is 1. The van der Waals surface area contributed by atoms with Crippen LogP contribution in [0.4, 0.5) is 0 Å². The maximum absolute atomic E-state index is 11.8. The first-order valence-electron chi connectivity index (χ1n) is 7.61. The predicted octanol–water partition coefficient (Wildman–Crippen LogP) is 0.358. The Balaban J connectivity index is 1.82. The van der Waals surface area contributed by atoms with Crippen molar-refractivity contribution in [2.24, 2.45) is 11.7 Å². The fourth-order valence-corrected chi connectivity index (χ4v) is 2.08. The Morgan fingerprint density at radius 3 is 2.70 bits per heavy atom. The maximum atomic E-state index is 11.8. The molecule has 2 aromatic heterocycles. The van der Waals surface area contributed by atoms with Crippen LogP contribution in [0.3, 0.4) is 0 Å². The zero-order valence-corrected chi connectivity index (χ0v) is 13.7. The van der Waals surface area contributed by atoms with E-state index in [-0.39, 0.29) is 24.3 Å². The molecule has 2 rings (SSSR count). The Morgan fingerprint density at radius 1 is 1.26 bits per heavy atom. The molecule has 4 N–H and O–H groups in total. The highest BCUT2D eigenvalue weighted by molar-refractivity contribution is 5.87. The lowest BCUT2D eigenvalue weighted by atomic mass is 10.1. The van der Waals surface area contributed by atoms with Gasteiger partial charge in [0.15, 0.2) is 0 Å². The summed E-state index contributed by atoms with van der Waals surface area (Å²) in [6.45, 7) is 5.94. The van der Waals surface area contributed by atoms with Crippen molar-refractivity contribution in [1.29, 1.82) is 0 Å². The van der Waals surface area contributed by atoms with Gasteiger partial charge in [0.25, 0.3) is 0 Å². The summed E-state index contributed by atoms with van der Waals surface area (Å²) >= 11 is 0. The monoisotopic (exact) mass is 317 g/mol. The lowest BCUT2D eigenvalue weighted by molar-refractivity contribution is -0.127. The van der Waals surface area contributed by atoms with Gasteiger partial charge >= 0.3 is 0 Å². The van der Waals surface area contributed by atoms with Crippen LogP contribution in [-0.2, 0) is 16.1 Å². The summed E-state index contributed by atoms with van der Waals surface area (Å²) in [4.78, 5) is 27.9. The Bertz CT molecular complexity index is 708. The largest absolute Gasteiger partial charge is 0.349 e. The van der Waals surface area contributed by atoms with Gasteiger partial charge in [0.2, 0.25) is 11.8 Å². The van der Waals surface area contributed by atoms with Gasteiger partial charge in [0, 0.05) is 12.4 Å². The number of amides is 2. The summed E-state index contributed by atoms with van der Waals surface area (Å²) in [6.07, 6.45) is 3.84. The average molecular weight is 317 g/mol. The van der Waals surface area contributed by atoms with Gasteiger partial charge in [-0.2, -0.15) is 0 Å². The second kappa shape index (κ2) is 7.23. The summed E-state index contributed by atoms with van der Waals surface area (Å²) in [6, 6.07) is 3.30. The molecule has 7 heteroatoms. The van der Waals surface area contributed by atoms with Gasteiger partial charge in [0.05, 0.1) is 24.8 Å². The highest BCUT2D eigenvalue weighted by Gasteiger charge is 2.17. The molecule has 124 valence electrons. The van der Waals surface area contributed by atoms with E-state index in [2.05, 4.69) is 15.6 Å². The van der Waals surface area contributed by atoms with Crippen molar-refractivity contribution in [3.05, 3.63) is 35.8 Å². The van der Waals surface area contributed by atoms with E-state index in [4.69, 9.17) is 5.73 Å². The minimum absolute atomic E-state index is 0.0273. The minimum atomic E-state index is -0.607. The van der Waals surface area contributed by atoms with Crippen molar-refractivity contribution < 1.29 is 9.59 Å². The van der Waals surface area contributed by atoms with E-state index >= 15 is 0 Å². The molecule has 7 nitrogen and oxygen atoms in total. The number of nitrogens with zero attached hydrogens (tertiary/aromatic N) is 2. The number of nitrogens with two attached hydrogens (primary N) is 1. The van der Waals surface area contributed by atoms with Crippen LogP contribution in [0.5, 0.6) is 0 Å². The van der Waals surface area contributed by atoms with Gasteiger partial charge in [-0.15, -0.1) is 0 Å². The number of imidazole rings is 1. The minimum Gasteiger partial charge on any atom is -0.349 e. The third kappa shape index (κ3) is 4.53. The van der Waals surface area contributed by atoms with E-state index in [9.17, 15) is 9.59 Å². The van der Waals surface area contributed by atoms with Gasteiger partial charge in [-0.05, 0) is 24.5 Å². The average Bonchev–Trinajstić information content (AvgIpc) is 2.91. The molecule has 0 aliphatic carbocycles. The quantitative estimate of drug-likeness (QED) is 0.716. The number of pyridine rings is 1. The standard InChI is InChI=1S/C16H23N5O2/c1-10(2)15(17)16(23)19-7-14(22)18-6-12-9-21-8-11(3)4-5-13(21)20-12/h4-5,8-10,15H,6-7,17H2,1-3H3,(H,18,22)(H,19,23)/t15-/m0/s1. The molecule has 2 aromatic rings. The van der Waals surface area contributed by atoms with Crippen molar-refractivity contribution in [3.63, 3.8) is 0 Å². The number of carbonyl (C=O) groups excluding carboxylic acids is 2. The van der Waals surface area contributed by atoms with E-state index in [0.717, 1.165) is 16.9 Å². The highest BCUT2D eigenvalue weighted by atomic mass is 16.2. The molecule has 0 fully saturated rings. The Hall–Kier alpha value is -2.41. The van der Waals surface area contributed by atoms with Gasteiger partial charge in [0.1, 0.15) is 5.65 Å². The van der Waals surface area contributed by atoms with Crippen LogP contribution in [0, 0.1) is 12.8 Å². The van der Waals surface area contributed by atoms with Gasteiger partial charge in [-0.1, -0.05) is 19.9 Å². The molecular formula is C16H23N5O2. The van der Waals surface area contributed by atoms with Crippen molar-refractivity contribution >= 4 is 17.5 Å². The van der Waals surface area contributed by atoms with Crippen molar-refractivity contribution in [2.75, 3.05) is 6.54 Å². The number of hydrogen-bond acceptors (Lipinski definition) is 4. The fourth-order valence-electron chi connectivity index (χ4n) is 2.08. The zero-order chi connectivity index (χ0) is 17.0. The van der Waals surface area contributed by atoms with E-state index in [0.29, 0.717) is 6.54 Å². The molecule has 1 atom stereocenters. The summed E-state index contributed by atoms with van der Waals surface area (Å²) in [5, 5.41) is 5.26. The van der Waals surface area contributed by atoms with Crippen LogP contribution in [-0.4, -0.2) is 33.8 Å². The van der Waals surface area contributed by atoms with Crippen molar-refractivity contribution in [3.8, 4) is 0 Å². The Morgan fingerprint density at radius 2 is 2.00 bits per heavy atom. The van der Waals surface area contributed by atoms with Crippen LogP contribution < -0.4 is 16.4 Å². The van der Waals surface area contributed by atoms with Gasteiger partial charge in [-0.25, -0.2) is 4.98 Å². The molecule has 0 saturated carbocycles. The number of aromatic nitrogens is 2. The summed E-state index contributed by atoms with van der Waals surface area (Å²) < 4.78 is 1.92. The van der Waals surface area contributed by atoms with E-state index in [1.807, 2.05) is 49.7 Å². The number of carbonyl (C=O) groups is 2. The summed E-state index contributed by atoms with van der Waals surface area (Å²) in [7, 11) is 0.